The van der Waals surface area contributed by atoms with Gasteiger partial charge in [0.15, 0.2) is 0 Å². The number of pyridine rings is 1. The van der Waals surface area contributed by atoms with Crippen LogP contribution in [-0.2, 0) is 0 Å². The first-order valence-corrected chi connectivity index (χ1v) is 7.49. The predicted molar refractivity (Wildman–Crippen MR) is 79.9 cm³/mol. The van der Waals surface area contributed by atoms with Crippen molar-refractivity contribution >= 4 is 10.8 Å². The van der Waals surface area contributed by atoms with Crippen LogP contribution in [0.1, 0.15) is 19.3 Å². The van der Waals surface area contributed by atoms with Gasteiger partial charge in [0.2, 0.25) is 5.88 Å². The van der Waals surface area contributed by atoms with E-state index in [4.69, 9.17) is 4.74 Å². The molecule has 2 aromatic rings. The monoisotopic (exact) mass is 268 g/mol. The van der Waals surface area contributed by atoms with Crippen molar-refractivity contribution in [2.24, 2.45) is 5.92 Å². The molecule has 2 aliphatic heterocycles. The highest BCUT2D eigenvalue weighted by molar-refractivity contribution is 5.82. The average molecular weight is 268 g/mol. The zero-order chi connectivity index (χ0) is 13.5. The number of hydrogen-bond donors (Lipinski definition) is 0. The summed E-state index contributed by atoms with van der Waals surface area (Å²) in [4.78, 5) is 6.91. The molecule has 1 saturated carbocycles. The highest BCUT2D eigenvalue weighted by Crippen LogP contribution is 2.41. The first-order valence-electron chi connectivity index (χ1n) is 7.49. The first kappa shape index (κ1) is 12.2. The maximum absolute atomic E-state index is 5.94. The molecular formula is C17H20N2O. The third-order valence-electron chi connectivity index (χ3n) is 5.00. The number of ether oxygens (including phenoxy) is 1. The Morgan fingerprint density at radius 3 is 2.80 bits per heavy atom. The molecule has 1 aliphatic carbocycles. The van der Waals surface area contributed by atoms with Crippen LogP contribution in [0.4, 0.5) is 0 Å². The van der Waals surface area contributed by atoms with E-state index in [2.05, 4.69) is 35.1 Å². The van der Waals surface area contributed by atoms with Crippen LogP contribution in [0.25, 0.3) is 10.8 Å². The quantitative estimate of drug-likeness (QED) is 0.855. The van der Waals surface area contributed by atoms with Crippen molar-refractivity contribution < 1.29 is 4.74 Å². The highest BCUT2D eigenvalue weighted by Gasteiger charge is 2.42. The van der Waals surface area contributed by atoms with E-state index < -0.39 is 0 Å². The van der Waals surface area contributed by atoms with E-state index in [-0.39, 0.29) is 0 Å². The van der Waals surface area contributed by atoms with Crippen molar-refractivity contribution in [3.63, 3.8) is 0 Å². The van der Waals surface area contributed by atoms with Gasteiger partial charge in [-0.1, -0.05) is 24.3 Å². The molecule has 3 heteroatoms. The molecule has 3 heterocycles. The Balaban J connectivity index is 1.45. The SMILES string of the molecule is CN1C(COc2cc3ccccc3cn2)CC2CC1C2. The number of rotatable bonds is 3. The Morgan fingerprint density at radius 1 is 1.20 bits per heavy atom. The van der Waals surface area contributed by atoms with E-state index in [1.807, 2.05) is 18.3 Å². The molecule has 0 spiro atoms. The van der Waals surface area contributed by atoms with Gasteiger partial charge in [-0.3, -0.25) is 4.90 Å². The number of fused-ring (bicyclic) bond motifs is 3. The van der Waals surface area contributed by atoms with Crippen LogP contribution in [0.15, 0.2) is 36.5 Å². The van der Waals surface area contributed by atoms with Crippen LogP contribution in [0.3, 0.4) is 0 Å². The van der Waals surface area contributed by atoms with Crippen LogP contribution < -0.4 is 4.74 Å². The highest BCUT2D eigenvalue weighted by atomic mass is 16.5. The third-order valence-corrected chi connectivity index (χ3v) is 5.00. The van der Waals surface area contributed by atoms with Gasteiger partial charge < -0.3 is 4.74 Å². The van der Waals surface area contributed by atoms with Crippen LogP contribution >= 0.6 is 0 Å². The van der Waals surface area contributed by atoms with E-state index in [1.54, 1.807) is 0 Å². The Bertz CT molecular complexity index is 621. The smallest absolute Gasteiger partial charge is 0.213 e. The minimum atomic E-state index is 0.556. The standard InChI is InChI=1S/C17H20N2O/c1-19-15-6-12(7-15)8-16(19)11-20-17-9-13-4-2-3-5-14(13)10-18-17/h2-5,9-10,12,15-16H,6-8,11H2,1H3. The second kappa shape index (κ2) is 4.74. The molecule has 2 bridgehead atoms. The average Bonchev–Trinajstić information content (AvgIpc) is 2.44. The van der Waals surface area contributed by atoms with E-state index >= 15 is 0 Å². The minimum absolute atomic E-state index is 0.556. The number of likely N-dealkylation sites (N-methyl/N-ethyl adjacent to an activating group) is 1. The Hall–Kier alpha value is -1.61. The van der Waals surface area contributed by atoms with E-state index in [0.717, 1.165) is 29.8 Å². The number of nitrogens with zero attached hydrogens (tertiary/aromatic N) is 2. The van der Waals surface area contributed by atoms with Gasteiger partial charge in [0.25, 0.3) is 0 Å². The Labute approximate surface area is 119 Å². The fourth-order valence-corrected chi connectivity index (χ4v) is 3.58. The molecular weight excluding hydrogens is 248 g/mol. The molecule has 3 fully saturated rings. The van der Waals surface area contributed by atoms with Crippen LogP contribution in [0.5, 0.6) is 5.88 Å². The molecule has 104 valence electrons. The van der Waals surface area contributed by atoms with Crippen LogP contribution in [-0.4, -0.2) is 35.6 Å². The lowest BCUT2D eigenvalue weighted by Gasteiger charge is -2.52. The van der Waals surface area contributed by atoms with Crippen LogP contribution in [0.2, 0.25) is 0 Å². The summed E-state index contributed by atoms with van der Waals surface area (Å²) in [5.74, 6) is 1.69. The summed E-state index contributed by atoms with van der Waals surface area (Å²) in [7, 11) is 2.24. The summed E-state index contributed by atoms with van der Waals surface area (Å²) in [5, 5.41) is 2.35. The lowest BCUT2D eigenvalue weighted by molar-refractivity contribution is -0.0299. The van der Waals surface area contributed by atoms with Crippen molar-refractivity contribution in [3.8, 4) is 5.88 Å². The third kappa shape index (κ3) is 2.06. The molecule has 0 N–H and O–H groups in total. The zero-order valence-electron chi connectivity index (χ0n) is 11.8. The summed E-state index contributed by atoms with van der Waals surface area (Å²) in [6, 6.07) is 11.7. The maximum atomic E-state index is 5.94. The molecule has 1 atom stereocenters. The summed E-state index contributed by atoms with van der Waals surface area (Å²) >= 11 is 0. The largest absolute Gasteiger partial charge is 0.476 e. The second-order valence-corrected chi connectivity index (χ2v) is 6.23. The van der Waals surface area contributed by atoms with E-state index in [9.17, 15) is 0 Å². The van der Waals surface area contributed by atoms with Gasteiger partial charge in [-0.2, -0.15) is 0 Å². The topological polar surface area (TPSA) is 25.4 Å². The fourth-order valence-electron chi connectivity index (χ4n) is 3.58. The van der Waals surface area contributed by atoms with Crippen molar-refractivity contribution in [2.75, 3.05) is 13.7 Å². The molecule has 1 aromatic carbocycles. The molecule has 0 amide bonds. The van der Waals surface area contributed by atoms with Gasteiger partial charge in [-0.15, -0.1) is 0 Å². The lowest BCUT2D eigenvalue weighted by atomic mass is 9.71. The van der Waals surface area contributed by atoms with Gasteiger partial charge in [0, 0.05) is 29.7 Å². The zero-order valence-corrected chi connectivity index (χ0v) is 11.8. The fraction of sp³-hybridized carbons (Fsp3) is 0.471. The van der Waals surface area contributed by atoms with Gasteiger partial charge in [0.1, 0.15) is 6.61 Å². The van der Waals surface area contributed by atoms with E-state index in [0.29, 0.717) is 6.04 Å². The molecule has 0 radical (unpaired) electrons. The molecule has 1 aromatic heterocycles. The summed E-state index contributed by atoms with van der Waals surface area (Å²) in [5.41, 5.74) is 0. The molecule has 2 saturated heterocycles. The molecule has 20 heavy (non-hydrogen) atoms. The number of piperidine rings is 2. The number of hydrogen-bond acceptors (Lipinski definition) is 3. The van der Waals surface area contributed by atoms with Crippen molar-refractivity contribution in [3.05, 3.63) is 36.5 Å². The molecule has 3 aliphatic rings. The van der Waals surface area contributed by atoms with Gasteiger partial charge in [0.05, 0.1) is 0 Å². The van der Waals surface area contributed by atoms with Crippen molar-refractivity contribution in [1.82, 2.24) is 9.88 Å². The van der Waals surface area contributed by atoms with Crippen LogP contribution in [0, 0.1) is 5.92 Å². The molecule has 1 unspecified atom stereocenters. The Morgan fingerprint density at radius 2 is 2.00 bits per heavy atom. The predicted octanol–water partition coefficient (Wildman–Crippen LogP) is 3.10. The second-order valence-electron chi connectivity index (χ2n) is 6.23. The van der Waals surface area contributed by atoms with Gasteiger partial charge in [-0.05, 0) is 37.6 Å². The van der Waals surface area contributed by atoms with Gasteiger partial charge >= 0.3 is 0 Å². The summed E-state index contributed by atoms with van der Waals surface area (Å²) in [6.45, 7) is 0.759. The summed E-state index contributed by atoms with van der Waals surface area (Å²) in [6.07, 6.45) is 5.95. The molecule has 5 rings (SSSR count). The normalized spacial score (nSPS) is 29.1. The first-order chi connectivity index (χ1) is 9.79. The minimum Gasteiger partial charge on any atom is -0.476 e. The summed E-state index contributed by atoms with van der Waals surface area (Å²) < 4.78 is 5.94. The number of benzene rings is 1. The lowest BCUT2D eigenvalue weighted by Crippen LogP contribution is -2.56. The maximum Gasteiger partial charge on any atom is 0.213 e. The van der Waals surface area contributed by atoms with E-state index in [1.165, 1.54) is 24.6 Å². The number of aromatic nitrogens is 1. The van der Waals surface area contributed by atoms with Crippen molar-refractivity contribution in [1.29, 1.82) is 0 Å². The van der Waals surface area contributed by atoms with Gasteiger partial charge in [-0.25, -0.2) is 4.98 Å². The Kier molecular flexibility index (Phi) is 2.88. The molecule has 3 nitrogen and oxygen atoms in total. The van der Waals surface area contributed by atoms with Crippen molar-refractivity contribution in [2.45, 2.75) is 31.3 Å².